The Balaban J connectivity index is 1.69. The van der Waals surface area contributed by atoms with Crippen molar-refractivity contribution in [2.75, 3.05) is 19.5 Å². The lowest BCUT2D eigenvalue weighted by Crippen LogP contribution is -2.25. The minimum Gasteiger partial charge on any atom is -0.489 e. The summed E-state index contributed by atoms with van der Waals surface area (Å²) in [6, 6.07) is 22.2. The zero-order valence-electron chi connectivity index (χ0n) is 18.2. The summed E-state index contributed by atoms with van der Waals surface area (Å²) >= 11 is 0. The second kappa shape index (κ2) is 10.7. The van der Waals surface area contributed by atoms with Gasteiger partial charge in [0.15, 0.2) is 0 Å². The van der Waals surface area contributed by atoms with E-state index in [0.29, 0.717) is 23.4 Å². The molecule has 1 N–H and O–H groups in total. The van der Waals surface area contributed by atoms with Crippen molar-refractivity contribution in [1.82, 2.24) is 4.47 Å². The summed E-state index contributed by atoms with van der Waals surface area (Å²) in [6.07, 6.45) is 0.338. The monoisotopic (exact) mass is 465 g/mol. The van der Waals surface area contributed by atoms with Crippen molar-refractivity contribution in [2.24, 2.45) is 0 Å². The van der Waals surface area contributed by atoms with Crippen LogP contribution in [0.5, 0.6) is 5.75 Å². The summed E-state index contributed by atoms with van der Waals surface area (Å²) in [5, 5.41) is 11.6. The van der Waals surface area contributed by atoms with Gasteiger partial charge in [-0.3, -0.25) is 9.63 Å². The molecule has 0 atom stereocenters. The molecule has 0 unspecified atom stereocenters. The second-order valence-corrected chi connectivity index (χ2v) is 8.94. The molecule has 0 fully saturated rings. The lowest BCUT2D eigenvalue weighted by molar-refractivity contribution is -0.0258. The number of amides is 1. The number of para-hydroxylation sites is 1. The maximum atomic E-state index is 12.7. The van der Waals surface area contributed by atoms with Crippen molar-refractivity contribution >= 4 is 21.6 Å². The molecule has 3 aromatic rings. The summed E-state index contributed by atoms with van der Waals surface area (Å²) in [5.41, 5.74) is 2.57. The smallest absolute Gasteiger partial charge is 0.264 e. The van der Waals surface area contributed by atoms with E-state index in [-0.39, 0.29) is 17.4 Å². The van der Waals surface area contributed by atoms with E-state index >= 15 is 0 Å². The highest BCUT2D eigenvalue weighted by atomic mass is 32.2. The Kier molecular flexibility index (Phi) is 7.79. The van der Waals surface area contributed by atoms with Crippen molar-refractivity contribution in [3.63, 3.8) is 0 Å². The summed E-state index contributed by atoms with van der Waals surface area (Å²) < 4.78 is 31.2. The molecule has 0 saturated carbocycles. The van der Waals surface area contributed by atoms with E-state index in [9.17, 15) is 13.2 Å². The number of benzene rings is 3. The molecule has 0 radical (unpaired) electrons. The average molecular weight is 466 g/mol. The summed E-state index contributed by atoms with van der Waals surface area (Å²) in [6.45, 7) is 0.231. The number of nitriles is 1. The van der Waals surface area contributed by atoms with Gasteiger partial charge in [-0.1, -0.05) is 34.8 Å². The molecule has 33 heavy (non-hydrogen) atoms. The minimum atomic E-state index is -3.79. The summed E-state index contributed by atoms with van der Waals surface area (Å²) in [4.78, 5) is 17.5. The number of carbonyl (C=O) groups is 1. The Morgan fingerprint density at radius 2 is 1.70 bits per heavy atom. The first kappa shape index (κ1) is 23.9. The number of hydroxylamine groups is 1. The number of nitrogens with one attached hydrogen (secondary N) is 1. The van der Waals surface area contributed by atoms with E-state index < -0.39 is 10.0 Å². The molecular formula is C24H23N3O5S. The number of hydrogen-bond donors (Lipinski definition) is 1. The predicted molar refractivity (Wildman–Crippen MR) is 123 cm³/mol. The summed E-state index contributed by atoms with van der Waals surface area (Å²) in [5.74, 6) is 0.267. The van der Waals surface area contributed by atoms with E-state index in [4.69, 9.17) is 14.8 Å². The van der Waals surface area contributed by atoms with Gasteiger partial charge in [0.2, 0.25) is 0 Å². The molecule has 0 spiro atoms. The molecule has 0 heterocycles. The highest BCUT2D eigenvalue weighted by molar-refractivity contribution is 7.89. The highest BCUT2D eigenvalue weighted by Gasteiger charge is 2.21. The van der Waals surface area contributed by atoms with Gasteiger partial charge in [-0.15, -0.1) is 0 Å². The van der Waals surface area contributed by atoms with Crippen LogP contribution in [0.15, 0.2) is 77.7 Å². The van der Waals surface area contributed by atoms with Gasteiger partial charge < -0.3 is 10.1 Å². The number of hydrogen-bond acceptors (Lipinski definition) is 6. The van der Waals surface area contributed by atoms with Crippen LogP contribution in [0.25, 0.3) is 0 Å². The Morgan fingerprint density at radius 1 is 1.03 bits per heavy atom. The van der Waals surface area contributed by atoms with Crippen molar-refractivity contribution < 1.29 is 22.8 Å². The van der Waals surface area contributed by atoms with Gasteiger partial charge in [0.25, 0.3) is 15.9 Å². The predicted octanol–water partition coefficient (Wildman–Crippen LogP) is 3.77. The van der Waals surface area contributed by atoms with Gasteiger partial charge in [-0.05, 0) is 48.0 Å². The van der Waals surface area contributed by atoms with Crippen LogP contribution in [0.3, 0.4) is 0 Å². The van der Waals surface area contributed by atoms with Crippen molar-refractivity contribution in [1.29, 1.82) is 5.26 Å². The SMILES string of the molecule is CON(C)S(=O)(=O)c1ccc(C(=O)Nc2ccccc2COc2ccc(CC#N)cc2)cc1. The zero-order valence-corrected chi connectivity index (χ0v) is 19.0. The lowest BCUT2D eigenvalue weighted by Gasteiger charge is -2.15. The van der Waals surface area contributed by atoms with Crippen molar-refractivity contribution in [3.8, 4) is 11.8 Å². The van der Waals surface area contributed by atoms with Gasteiger partial charge >= 0.3 is 0 Å². The third-order valence-corrected chi connectivity index (χ3v) is 6.57. The van der Waals surface area contributed by atoms with Crippen LogP contribution in [-0.2, 0) is 27.9 Å². The molecule has 3 rings (SSSR count). The van der Waals surface area contributed by atoms with Gasteiger partial charge in [-0.25, -0.2) is 8.42 Å². The number of sulfonamides is 1. The second-order valence-electron chi connectivity index (χ2n) is 7.00. The molecular weight excluding hydrogens is 442 g/mol. The number of carbonyl (C=O) groups excluding carboxylic acids is 1. The van der Waals surface area contributed by atoms with Crippen LogP contribution in [0.4, 0.5) is 5.69 Å². The van der Waals surface area contributed by atoms with Gasteiger partial charge in [0, 0.05) is 23.9 Å². The first-order valence-corrected chi connectivity index (χ1v) is 11.4. The molecule has 3 aromatic carbocycles. The van der Waals surface area contributed by atoms with Gasteiger partial charge in [-0.2, -0.15) is 5.26 Å². The number of anilines is 1. The fourth-order valence-corrected chi connectivity index (χ4v) is 3.92. The van der Waals surface area contributed by atoms with Crippen LogP contribution in [0.1, 0.15) is 21.5 Å². The third-order valence-electron chi connectivity index (χ3n) is 4.88. The number of nitrogens with zero attached hydrogens (tertiary/aromatic N) is 2. The highest BCUT2D eigenvalue weighted by Crippen LogP contribution is 2.21. The van der Waals surface area contributed by atoms with Crippen molar-refractivity contribution in [3.05, 3.63) is 89.5 Å². The fraction of sp³-hybridized carbons (Fsp3) is 0.167. The molecule has 0 bridgehead atoms. The largest absolute Gasteiger partial charge is 0.489 e. The van der Waals surface area contributed by atoms with Crippen molar-refractivity contribution in [2.45, 2.75) is 17.9 Å². The maximum Gasteiger partial charge on any atom is 0.264 e. The van der Waals surface area contributed by atoms with Gasteiger partial charge in [0.1, 0.15) is 12.4 Å². The number of rotatable bonds is 9. The van der Waals surface area contributed by atoms with Crippen LogP contribution in [0, 0.1) is 11.3 Å². The Bertz CT molecular complexity index is 1250. The van der Waals surface area contributed by atoms with Crippen LogP contribution in [0.2, 0.25) is 0 Å². The molecule has 1 amide bonds. The Labute approximate surface area is 193 Å². The Morgan fingerprint density at radius 3 is 2.33 bits per heavy atom. The minimum absolute atomic E-state index is 0.0120. The van der Waals surface area contributed by atoms with Crippen LogP contribution < -0.4 is 10.1 Å². The third kappa shape index (κ3) is 5.96. The van der Waals surface area contributed by atoms with E-state index in [1.54, 1.807) is 24.3 Å². The normalized spacial score (nSPS) is 11.1. The summed E-state index contributed by atoms with van der Waals surface area (Å²) in [7, 11) is -1.25. The molecule has 0 aliphatic carbocycles. The molecule has 9 heteroatoms. The van der Waals surface area contributed by atoms with Gasteiger partial charge in [0.05, 0.1) is 24.5 Å². The first-order chi connectivity index (χ1) is 15.8. The standard InChI is InChI=1S/C24H23N3O5S/c1-27(31-2)33(29,30)22-13-9-19(10-14-22)24(28)26-23-6-4-3-5-20(23)17-32-21-11-7-18(8-12-21)15-16-25/h3-14H,15,17H2,1-2H3,(H,26,28). The molecule has 0 aromatic heterocycles. The fourth-order valence-electron chi connectivity index (χ4n) is 2.94. The molecule has 0 aliphatic heterocycles. The van der Waals surface area contributed by atoms with E-state index in [1.807, 2.05) is 24.3 Å². The molecule has 0 saturated heterocycles. The molecule has 0 aliphatic rings. The maximum absolute atomic E-state index is 12.7. The lowest BCUT2D eigenvalue weighted by atomic mass is 10.1. The molecule has 170 valence electrons. The molecule has 8 nitrogen and oxygen atoms in total. The van der Waals surface area contributed by atoms with Crippen LogP contribution in [-0.4, -0.2) is 33.0 Å². The topological polar surface area (TPSA) is 109 Å². The van der Waals surface area contributed by atoms with E-state index in [2.05, 4.69) is 11.4 Å². The van der Waals surface area contributed by atoms with E-state index in [1.165, 1.54) is 38.4 Å². The first-order valence-electron chi connectivity index (χ1n) is 9.96. The quantitative estimate of drug-likeness (QED) is 0.482. The van der Waals surface area contributed by atoms with Crippen LogP contribution >= 0.6 is 0 Å². The number of ether oxygens (including phenoxy) is 1. The Hall–Kier alpha value is -3.71. The zero-order chi connectivity index (χ0) is 23.8. The average Bonchev–Trinajstić information content (AvgIpc) is 2.84. The van der Waals surface area contributed by atoms with E-state index in [0.717, 1.165) is 15.6 Å².